The Morgan fingerprint density at radius 3 is 2.78 bits per heavy atom. The van der Waals surface area contributed by atoms with Crippen LogP contribution in [0.15, 0.2) is 30.3 Å². The van der Waals surface area contributed by atoms with Gasteiger partial charge in [-0.05, 0) is 24.9 Å². The highest BCUT2D eigenvalue weighted by Gasteiger charge is 2.24. The molecule has 1 atom stereocenters. The third kappa shape index (κ3) is 3.10. The molecule has 1 fully saturated rings. The molecule has 1 aromatic rings. The summed E-state index contributed by atoms with van der Waals surface area (Å²) in [5, 5.41) is 3.33. The van der Waals surface area contributed by atoms with Gasteiger partial charge in [-0.2, -0.15) is 0 Å². The van der Waals surface area contributed by atoms with Crippen molar-refractivity contribution < 1.29 is 4.79 Å². The van der Waals surface area contributed by atoms with Gasteiger partial charge in [0, 0.05) is 19.6 Å². The molecular formula is C15H22N2O. The first kappa shape index (κ1) is 13.1. The van der Waals surface area contributed by atoms with Gasteiger partial charge in [-0.15, -0.1) is 0 Å². The van der Waals surface area contributed by atoms with E-state index in [0.29, 0.717) is 0 Å². The molecule has 3 heteroatoms. The van der Waals surface area contributed by atoms with Gasteiger partial charge in [0.25, 0.3) is 0 Å². The zero-order valence-electron chi connectivity index (χ0n) is 11.1. The van der Waals surface area contributed by atoms with Crippen molar-refractivity contribution in [3.8, 4) is 0 Å². The van der Waals surface area contributed by atoms with Crippen LogP contribution in [0.4, 0.5) is 0 Å². The summed E-state index contributed by atoms with van der Waals surface area (Å²) in [5.41, 5.74) is 1.14. The van der Waals surface area contributed by atoms with Crippen LogP contribution in [0.3, 0.4) is 0 Å². The fourth-order valence-corrected chi connectivity index (χ4v) is 2.52. The van der Waals surface area contributed by atoms with E-state index in [2.05, 4.69) is 24.4 Å². The van der Waals surface area contributed by atoms with Crippen molar-refractivity contribution in [1.29, 1.82) is 0 Å². The first-order chi connectivity index (χ1) is 8.83. The predicted octanol–water partition coefficient (Wildman–Crippen LogP) is 2.00. The van der Waals surface area contributed by atoms with E-state index in [0.717, 1.165) is 44.6 Å². The molecule has 0 bridgehead atoms. The molecule has 18 heavy (non-hydrogen) atoms. The summed E-state index contributed by atoms with van der Waals surface area (Å²) < 4.78 is 0. The average molecular weight is 246 g/mol. The molecule has 0 spiro atoms. The summed E-state index contributed by atoms with van der Waals surface area (Å²) in [5.74, 6) is 0.302. The van der Waals surface area contributed by atoms with Crippen LogP contribution in [0.2, 0.25) is 0 Å². The maximum absolute atomic E-state index is 12.6. The lowest BCUT2D eigenvalue weighted by atomic mass is 9.95. The lowest BCUT2D eigenvalue weighted by Crippen LogP contribution is -2.37. The Labute approximate surface area is 109 Å². The van der Waals surface area contributed by atoms with E-state index in [1.54, 1.807) is 0 Å². The van der Waals surface area contributed by atoms with E-state index in [4.69, 9.17) is 0 Å². The van der Waals surface area contributed by atoms with E-state index in [-0.39, 0.29) is 11.8 Å². The minimum atomic E-state index is 0.0179. The van der Waals surface area contributed by atoms with Crippen LogP contribution in [0, 0.1) is 0 Å². The topological polar surface area (TPSA) is 32.3 Å². The van der Waals surface area contributed by atoms with E-state index in [1.807, 2.05) is 23.1 Å². The van der Waals surface area contributed by atoms with Gasteiger partial charge in [-0.3, -0.25) is 4.79 Å². The number of rotatable bonds is 3. The van der Waals surface area contributed by atoms with Crippen molar-refractivity contribution in [2.75, 3.05) is 26.2 Å². The fourth-order valence-electron chi connectivity index (χ4n) is 2.52. The maximum atomic E-state index is 12.6. The second kappa shape index (κ2) is 6.55. The van der Waals surface area contributed by atoms with Crippen LogP contribution in [0.25, 0.3) is 0 Å². The van der Waals surface area contributed by atoms with E-state index >= 15 is 0 Å². The zero-order chi connectivity index (χ0) is 12.8. The van der Waals surface area contributed by atoms with Crippen molar-refractivity contribution >= 4 is 5.91 Å². The van der Waals surface area contributed by atoms with Crippen LogP contribution in [-0.4, -0.2) is 37.0 Å². The number of carbonyl (C=O) groups excluding carboxylic acids is 1. The molecule has 2 rings (SSSR count). The first-order valence-electron chi connectivity index (χ1n) is 6.87. The van der Waals surface area contributed by atoms with Gasteiger partial charge in [0.2, 0.25) is 5.91 Å². The Morgan fingerprint density at radius 2 is 2.06 bits per heavy atom. The van der Waals surface area contributed by atoms with E-state index < -0.39 is 0 Å². The van der Waals surface area contributed by atoms with Gasteiger partial charge in [0.1, 0.15) is 0 Å². The Kier molecular flexibility index (Phi) is 4.76. The molecule has 1 aromatic carbocycles. The number of hydrogen-bond donors (Lipinski definition) is 1. The summed E-state index contributed by atoms with van der Waals surface area (Å²) in [6.07, 6.45) is 1.92. The minimum Gasteiger partial charge on any atom is -0.341 e. The third-order valence-corrected chi connectivity index (χ3v) is 3.56. The molecule has 1 heterocycles. The highest BCUT2D eigenvalue weighted by molar-refractivity contribution is 5.83. The van der Waals surface area contributed by atoms with Crippen molar-refractivity contribution in [3.63, 3.8) is 0 Å². The molecule has 1 N–H and O–H groups in total. The molecule has 3 nitrogen and oxygen atoms in total. The lowest BCUT2D eigenvalue weighted by Gasteiger charge is -2.25. The van der Waals surface area contributed by atoms with Gasteiger partial charge >= 0.3 is 0 Å². The Balaban J connectivity index is 2.09. The number of hydrogen-bond acceptors (Lipinski definition) is 2. The molecular weight excluding hydrogens is 224 g/mol. The van der Waals surface area contributed by atoms with Crippen molar-refractivity contribution in [2.24, 2.45) is 0 Å². The summed E-state index contributed by atoms with van der Waals surface area (Å²) in [7, 11) is 0. The molecule has 1 amide bonds. The fraction of sp³-hybridized carbons (Fsp3) is 0.533. The second-order valence-corrected chi connectivity index (χ2v) is 4.80. The summed E-state index contributed by atoms with van der Waals surface area (Å²) in [6.45, 7) is 5.74. The molecule has 0 aliphatic carbocycles. The molecule has 0 radical (unpaired) electrons. The predicted molar refractivity (Wildman–Crippen MR) is 73.5 cm³/mol. The molecule has 1 unspecified atom stereocenters. The summed E-state index contributed by atoms with van der Waals surface area (Å²) in [4.78, 5) is 14.6. The standard InChI is InChI=1S/C15H22N2O/c1-2-14(13-7-4-3-5-8-13)15(18)17-11-6-9-16-10-12-17/h3-5,7-8,14,16H,2,6,9-12H2,1H3. The van der Waals surface area contributed by atoms with E-state index in [9.17, 15) is 4.79 Å². The van der Waals surface area contributed by atoms with Gasteiger partial charge in [0.05, 0.1) is 5.92 Å². The van der Waals surface area contributed by atoms with Crippen LogP contribution < -0.4 is 5.32 Å². The van der Waals surface area contributed by atoms with Gasteiger partial charge in [0.15, 0.2) is 0 Å². The smallest absolute Gasteiger partial charge is 0.230 e. The Hall–Kier alpha value is -1.35. The summed E-state index contributed by atoms with van der Waals surface area (Å²) >= 11 is 0. The largest absolute Gasteiger partial charge is 0.341 e. The number of carbonyl (C=O) groups is 1. The monoisotopic (exact) mass is 246 g/mol. The maximum Gasteiger partial charge on any atom is 0.230 e. The average Bonchev–Trinajstić information content (AvgIpc) is 2.69. The van der Waals surface area contributed by atoms with Gasteiger partial charge in [-0.25, -0.2) is 0 Å². The van der Waals surface area contributed by atoms with Crippen LogP contribution in [0.5, 0.6) is 0 Å². The second-order valence-electron chi connectivity index (χ2n) is 4.80. The SMILES string of the molecule is CCC(C(=O)N1CCCNCC1)c1ccccc1. The highest BCUT2D eigenvalue weighted by Crippen LogP contribution is 2.22. The third-order valence-electron chi connectivity index (χ3n) is 3.56. The van der Waals surface area contributed by atoms with Crippen LogP contribution >= 0.6 is 0 Å². The molecule has 1 saturated heterocycles. The number of nitrogens with one attached hydrogen (secondary N) is 1. The van der Waals surface area contributed by atoms with Crippen molar-refractivity contribution in [2.45, 2.75) is 25.7 Å². The number of benzene rings is 1. The zero-order valence-corrected chi connectivity index (χ0v) is 11.1. The number of amides is 1. The van der Waals surface area contributed by atoms with Crippen LogP contribution in [-0.2, 0) is 4.79 Å². The molecule has 1 aliphatic heterocycles. The van der Waals surface area contributed by atoms with Crippen molar-refractivity contribution in [3.05, 3.63) is 35.9 Å². The molecule has 0 aromatic heterocycles. The normalized spacial score (nSPS) is 18.2. The minimum absolute atomic E-state index is 0.0179. The van der Waals surface area contributed by atoms with Crippen LogP contribution in [0.1, 0.15) is 31.2 Å². The molecule has 1 aliphatic rings. The van der Waals surface area contributed by atoms with Gasteiger partial charge < -0.3 is 10.2 Å². The summed E-state index contributed by atoms with van der Waals surface area (Å²) in [6, 6.07) is 10.1. The highest BCUT2D eigenvalue weighted by atomic mass is 16.2. The van der Waals surface area contributed by atoms with Gasteiger partial charge in [-0.1, -0.05) is 37.3 Å². The Bertz CT molecular complexity index is 369. The quantitative estimate of drug-likeness (QED) is 0.884. The lowest BCUT2D eigenvalue weighted by molar-refractivity contribution is -0.132. The molecule has 0 saturated carbocycles. The first-order valence-corrected chi connectivity index (χ1v) is 6.87. The van der Waals surface area contributed by atoms with E-state index in [1.165, 1.54) is 0 Å². The van der Waals surface area contributed by atoms with Crippen molar-refractivity contribution in [1.82, 2.24) is 10.2 Å². The Morgan fingerprint density at radius 1 is 1.28 bits per heavy atom. The molecule has 98 valence electrons. The number of nitrogens with zero attached hydrogens (tertiary/aromatic N) is 1.